The zero-order valence-corrected chi connectivity index (χ0v) is 16.3. The lowest BCUT2D eigenvalue weighted by molar-refractivity contribution is 0.103. The molecule has 0 spiro atoms. The van der Waals surface area contributed by atoms with Crippen LogP contribution in [0.25, 0.3) is 6.08 Å². The first kappa shape index (κ1) is 18.5. The molecule has 3 aromatic rings. The Morgan fingerprint density at radius 2 is 2.23 bits per heavy atom. The molecule has 0 amide bonds. The fraction of sp³-hybridized carbons (Fsp3) is 0.158. The second-order valence-corrected chi connectivity index (χ2v) is 6.70. The minimum Gasteiger partial charge on any atom is -0.486 e. The summed E-state index contributed by atoms with van der Waals surface area (Å²) in [4.78, 5) is 12.4. The van der Waals surface area contributed by atoms with E-state index in [2.05, 4.69) is 21.0 Å². The number of aryl methyl sites for hydroxylation is 1. The number of hydrogen-bond donors (Lipinski definition) is 0. The van der Waals surface area contributed by atoms with Crippen LogP contribution in [-0.2, 0) is 13.2 Å². The summed E-state index contributed by atoms with van der Waals surface area (Å²) in [6.45, 7) is 2.82. The van der Waals surface area contributed by atoms with Gasteiger partial charge in [-0.2, -0.15) is 5.10 Å². The van der Waals surface area contributed by atoms with Gasteiger partial charge in [-0.1, -0.05) is 17.7 Å². The Kier molecular flexibility index (Phi) is 5.96. The van der Waals surface area contributed by atoms with E-state index in [4.69, 9.17) is 20.8 Å². The van der Waals surface area contributed by atoms with Crippen LogP contribution in [0.15, 0.2) is 57.6 Å². The van der Waals surface area contributed by atoms with Gasteiger partial charge in [0.15, 0.2) is 0 Å². The predicted molar refractivity (Wildman–Crippen MR) is 103 cm³/mol. The fourth-order valence-electron chi connectivity index (χ4n) is 2.36. The summed E-state index contributed by atoms with van der Waals surface area (Å²) in [5, 5.41) is 4.75. The summed E-state index contributed by atoms with van der Waals surface area (Å²) < 4.78 is 13.6. The Labute approximate surface area is 164 Å². The van der Waals surface area contributed by atoms with Crippen LogP contribution in [-0.4, -0.2) is 15.6 Å². The molecule has 3 rings (SSSR count). The summed E-state index contributed by atoms with van der Waals surface area (Å²) in [5.74, 6) is 1.74. The van der Waals surface area contributed by atoms with Crippen molar-refractivity contribution in [2.24, 2.45) is 0 Å². The first-order valence-electron chi connectivity index (χ1n) is 7.97. The first-order valence-corrected chi connectivity index (χ1v) is 9.14. The number of carbonyl (C=O) groups is 1. The Balaban J connectivity index is 1.63. The van der Waals surface area contributed by atoms with Gasteiger partial charge in [0.1, 0.15) is 29.6 Å². The van der Waals surface area contributed by atoms with Crippen LogP contribution >= 0.6 is 27.5 Å². The topological polar surface area (TPSA) is 57.3 Å². The van der Waals surface area contributed by atoms with Crippen molar-refractivity contribution in [3.63, 3.8) is 0 Å². The summed E-state index contributed by atoms with van der Waals surface area (Å²) >= 11 is 9.27. The molecule has 0 aliphatic carbocycles. The number of rotatable bonds is 7. The van der Waals surface area contributed by atoms with Crippen molar-refractivity contribution in [3.05, 3.63) is 75.4 Å². The molecule has 2 aromatic heterocycles. The smallest absolute Gasteiger partial charge is 0.205 e. The third-order valence-electron chi connectivity index (χ3n) is 3.59. The van der Waals surface area contributed by atoms with E-state index in [1.807, 2.05) is 19.1 Å². The molecule has 0 aliphatic heterocycles. The van der Waals surface area contributed by atoms with Crippen molar-refractivity contribution in [1.82, 2.24) is 9.78 Å². The Bertz CT molecular complexity index is 946. The van der Waals surface area contributed by atoms with Gasteiger partial charge < -0.3 is 9.15 Å². The van der Waals surface area contributed by atoms with Crippen LogP contribution in [0.4, 0.5) is 0 Å². The molecule has 7 heteroatoms. The highest BCUT2D eigenvalue weighted by atomic mass is 79.9. The van der Waals surface area contributed by atoms with Gasteiger partial charge in [-0.15, -0.1) is 0 Å². The third-order valence-corrected chi connectivity index (χ3v) is 4.40. The maximum Gasteiger partial charge on any atom is 0.205 e. The minimum atomic E-state index is -0.149. The molecule has 0 N–H and O–H groups in total. The van der Waals surface area contributed by atoms with Crippen molar-refractivity contribution in [2.45, 2.75) is 20.1 Å². The van der Waals surface area contributed by atoms with Crippen LogP contribution in [0.5, 0.6) is 5.75 Å². The SMILES string of the molecule is CCn1ncc(Br)c1C(=O)/C=C/c1ccc(COc2cccc(Cl)c2)o1. The normalized spacial score (nSPS) is 11.2. The molecule has 0 saturated carbocycles. The zero-order valence-electron chi connectivity index (χ0n) is 14.0. The van der Waals surface area contributed by atoms with Gasteiger partial charge in [0, 0.05) is 11.6 Å². The van der Waals surface area contributed by atoms with E-state index in [0.717, 1.165) is 0 Å². The van der Waals surface area contributed by atoms with Crippen molar-refractivity contribution in [1.29, 1.82) is 0 Å². The van der Waals surface area contributed by atoms with Crippen LogP contribution in [0.3, 0.4) is 0 Å². The standard InChI is InChI=1S/C19H16BrClN2O3/c1-2-23-19(17(20)11-22-23)18(24)9-8-14-6-7-16(26-14)12-25-15-5-3-4-13(21)10-15/h3-11H,2,12H2,1H3/b9-8+. The minimum absolute atomic E-state index is 0.149. The van der Waals surface area contributed by atoms with Gasteiger partial charge in [-0.3, -0.25) is 9.48 Å². The molecule has 0 aliphatic rings. The van der Waals surface area contributed by atoms with E-state index < -0.39 is 0 Å². The zero-order chi connectivity index (χ0) is 18.5. The second kappa shape index (κ2) is 8.38. The number of halogens is 2. The fourth-order valence-corrected chi connectivity index (χ4v) is 3.03. The maximum atomic E-state index is 12.4. The summed E-state index contributed by atoms with van der Waals surface area (Å²) in [7, 11) is 0. The Morgan fingerprint density at radius 1 is 1.38 bits per heavy atom. The lowest BCUT2D eigenvalue weighted by Gasteiger charge is -2.03. The number of aromatic nitrogens is 2. The van der Waals surface area contributed by atoms with Crippen molar-refractivity contribution in [2.75, 3.05) is 0 Å². The van der Waals surface area contributed by atoms with Crippen LogP contribution < -0.4 is 4.74 Å². The first-order chi connectivity index (χ1) is 12.6. The number of carbonyl (C=O) groups excluding carboxylic acids is 1. The Hall–Kier alpha value is -2.31. The number of nitrogens with zero attached hydrogens (tertiary/aromatic N) is 2. The number of benzene rings is 1. The number of allylic oxidation sites excluding steroid dienone is 1. The quantitative estimate of drug-likeness (QED) is 0.369. The molecule has 26 heavy (non-hydrogen) atoms. The van der Waals surface area contributed by atoms with Crippen molar-refractivity contribution in [3.8, 4) is 5.75 Å². The predicted octanol–water partition coefficient (Wildman–Crippen LogP) is 5.39. The van der Waals surface area contributed by atoms with Gasteiger partial charge in [0.25, 0.3) is 0 Å². The highest BCUT2D eigenvalue weighted by molar-refractivity contribution is 9.10. The van der Waals surface area contributed by atoms with E-state index in [0.29, 0.717) is 39.0 Å². The number of ether oxygens (including phenoxy) is 1. The average Bonchev–Trinajstić information content (AvgIpc) is 3.24. The number of furan rings is 1. The van der Waals surface area contributed by atoms with Gasteiger partial charge in [-0.25, -0.2) is 0 Å². The molecular weight excluding hydrogens is 420 g/mol. The molecule has 0 saturated heterocycles. The molecule has 134 valence electrons. The van der Waals surface area contributed by atoms with Gasteiger partial charge in [0.05, 0.1) is 10.7 Å². The maximum absolute atomic E-state index is 12.4. The van der Waals surface area contributed by atoms with Gasteiger partial charge >= 0.3 is 0 Å². The van der Waals surface area contributed by atoms with Crippen molar-refractivity contribution < 1.29 is 13.9 Å². The largest absolute Gasteiger partial charge is 0.486 e. The van der Waals surface area contributed by atoms with E-state index in [1.165, 1.54) is 6.08 Å². The Morgan fingerprint density at radius 3 is 3.00 bits per heavy atom. The summed E-state index contributed by atoms with van der Waals surface area (Å²) in [6, 6.07) is 10.7. The van der Waals surface area contributed by atoms with E-state index >= 15 is 0 Å². The van der Waals surface area contributed by atoms with Gasteiger partial charge in [-0.05, 0) is 65.3 Å². The lowest BCUT2D eigenvalue weighted by Crippen LogP contribution is -2.07. The molecule has 0 bridgehead atoms. The van der Waals surface area contributed by atoms with Crippen molar-refractivity contribution >= 4 is 39.4 Å². The molecule has 1 aromatic carbocycles. The van der Waals surface area contributed by atoms with E-state index in [9.17, 15) is 4.79 Å². The second-order valence-electron chi connectivity index (χ2n) is 5.40. The molecular formula is C19H16BrClN2O3. The van der Waals surface area contributed by atoms with Crippen LogP contribution in [0.2, 0.25) is 5.02 Å². The molecule has 2 heterocycles. The molecule has 0 radical (unpaired) electrons. The highest BCUT2D eigenvalue weighted by Crippen LogP contribution is 2.20. The molecule has 0 fully saturated rings. The number of hydrogen-bond acceptors (Lipinski definition) is 4. The average molecular weight is 436 g/mol. The monoisotopic (exact) mass is 434 g/mol. The third kappa shape index (κ3) is 4.45. The molecule has 0 unspecified atom stereocenters. The van der Waals surface area contributed by atoms with E-state index in [1.54, 1.807) is 41.2 Å². The molecule has 5 nitrogen and oxygen atoms in total. The number of ketones is 1. The lowest BCUT2D eigenvalue weighted by atomic mass is 10.2. The van der Waals surface area contributed by atoms with Crippen LogP contribution in [0, 0.1) is 0 Å². The summed E-state index contributed by atoms with van der Waals surface area (Å²) in [6.07, 6.45) is 4.71. The highest BCUT2D eigenvalue weighted by Gasteiger charge is 2.14. The summed E-state index contributed by atoms with van der Waals surface area (Å²) in [5.41, 5.74) is 0.514. The van der Waals surface area contributed by atoms with E-state index in [-0.39, 0.29) is 12.4 Å². The van der Waals surface area contributed by atoms with Crippen LogP contribution in [0.1, 0.15) is 28.9 Å². The van der Waals surface area contributed by atoms with Gasteiger partial charge in [0.2, 0.25) is 5.78 Å². The molecule has 0 atom stereocenters.